The lowest BCUT2D eigenvalue weighted by Gasteiger charge is -2.06. The van der Waals surface area contributed by atoms with Crippen LogP contribution in [0, 0.1) is 5.82 Å². The summed E-state index contributed by atoms with van der Waals surface area (Å²) in [6.45, 7) is -0.270. The van der Waals surface area contributed by atoms with Gasteiger partial charge in [-0.1, -0.05) is 15.9 Å². The van der Waals surface area contributed by atoms with Crippen LogP contribution < -0.4 is 5.73 Å². The Hall–Kier alpha value is -1.96. The highest BCUT2D eigenvalue weighted by Crippen LogP contribution is 2.16. The molecule has 2 aromatic rings. The molecule has 2 rings (SSSR count). The minimum atomic E-state index is -0.552. The average Bonchev–Trinajstić information content (AvgIpc) is 2.76. The lowest BCUT2D eigenvalue weighted by Crippen LogP contribution is -2.14. The summed E-state index contributed by atoms with van der Waals surface area (Å²) >= 11 is 3.22. The van der Waals surface area contributed by atoms with Gasteiger partial charge in [0.1, 0.15) is 25.3 Å². The molecule has 0 amide bonds. The summed E-state index contributed by atoms with van der Waals surface area (Å²) in [6, 6.07) is 4.42. The summed E-state index contributed by atoms with van der Waals surface area (Å²) in [6.07, 6.45) is 1.32. The van der Waals surface area contributed by atoms with Gasteiger partial charge < -0.3 is 10.5 Å². The number of benzene rings is 1. The average molecular weight is 329 g/mol. The van der Waals surface area contributed by atoms with Crippen LogP contribution in [0.2, 0.25) is 0 Å². The van der Waals surface area contributed by atoms with Crippen LogP contribution in [0.5, 0.6) is 0 Å². The molecule has 1 aromatic carbocycles. The number of anilines is 1. The van der Waals surface area contributed by atoms with Crippen molar-refractivity contribution in [3.05, 3.63) is 40.4 Å². The Bertz CT molecular complexity index is 602. The molecule has 19 heavy (non-hydrogen) atoms. The summed E-state index contributed by atoms with van der Waals surface area (Å²) < 4.78 is 20.3. The van der Waals surface area contributed by atoms with Crippen LogP contribution in [-0.2, 0) is 22.7 Å². The molecule has 0 saturated heterocycles. The highest BCUT2D eigenvalue weighted by atomic mass is 79.9. The van der Waals surface area contributed by atoms with Crippen LogP contribution in [-0.4, -0.2) is 20.7 Å². The zero-order valence-corrected chi connectivity index (χ0v) is 11.3. The van der Waals surface area contributed by atoms with E-state index in [1.54, 1.807) is 12.1 Å². The highest BCUT2D eigenvalue weighted by Gasteiger charge is 2.09. The summed E-state index contributed by atoms with van der Waals surface area (Å²) in [5.74, 6) is -0.906. The first-order valence-corrected chi connectivity index (χ1v) is 6.08. The van der Waals surface area contributed by atoms with Crippen LogP contribution in [0.25, 0.3) is 0 Å². The van der Waals surface area contributed by atoms with Gasteiger partial charge in [-0.05, 0) is 18.2 Å². The second kappa shape index (κ2) is 5.79. The van der Waals surface area contributed by atoms with E-state index in [1.165, 1.54) is 17.1 Å². The van der Waals surface area contributed by atoms with Gasteiger partial charge in [-0.15, -0.1) is 5.10 Å². The van der Waals surface area contributed by atoms with E-state index >= 15 is 0 Å². The smallest absolute Gasteiger partial charge is 0.328 e. The first kappa shape index (κ1) is 13.5. The van der Waals surface area contributed by atoms with Crippen LogP contribution in [0.4, 0.5) is 10.3 Å². The quantitative estimate of drug-likeness (QED) is 0.860. The van der Waals surface area contributed by atoms with Gasteiger partial charge in [-0.3, -0.25) is 4.79 Å². The number of hydrogen-bond acceptors (Lipinski definition) is 5. The third-order valence-electron chi connectivity index (χ3n) is 2.24. The minimum Gasteiger partial charge on any atom is -0.459 e. The fourth-order valence-corrected chi connectivity index (χ4v) is 1.78. The maximum absolute atomic E-state index is 13.4. The second-order valence-corrected chi connectivity index (χ2v) is 4.61. The molecule has 1 aromatic heterocycles. The predicted octanol–water partition coefficient (Wildman–Crippen LogP) is 1.51. The first-order valence-electron chi connectivity index (χ1n) is 5.29. The molecule has 0 aliphatic rings. The zero-order valence-electron chi connectivity index (χ0n) is 9.72. The van der Waals surface area contributed by atoms with E-state index in [1.807, 2.05) is 0 Å². The van der Waals surface area contributed by atoms with Crippen LogP contribution >= 0.6 is 15.9 Å². The molecule has 0 aliphatic carbocycles. The molecule has 0 radical (unpaired) electrons. The molecule has 1 heterocycles. The summed E-state index contributed by atoms with van der Waals surface area (Å²) in [7, 11) is 0. The van der Waals surface area contributed by atoms with Crippen LogP contribution in [0.3, 0.4) is 0 Å². The number of rotatable bonds is 4. The third kappa shape index (κ3) is 3.75. The SMILES string of the molecule is Nc1ncn(CC(=O)OCc2cc(Br)ccc2F)n1. The van der Waals surface area contributed by atoms with Crippen molar-refractivity contribution >= 4 is 27.8 Å². The van der Waals surface area contributed by atoms with Crippen molar-refractivity contribution in [2.45, 2.75) is 13.2 Å². The fraction of sp³-hybridized carbons (Fsp3) is 0.182. The second-order valence-electron chi connectivity index (χ2n) is 3.70. The normalized spacial score (nSPS) is 10.4. The summed E-state index contributed by atoms with van der Waals surface area (Å²) in [4.78, 5) is 15.2. The Morgan fingerprint density at radius 1 is 1.53 bits per heavy atom. The number of carbonyl (C=O) groups excluding carboxylic acids is 1. The van der Waals surface area contributed by atoms with E-state index in [0.29, 0.717) is 10.0 Å². The molecule has 6 nitrogen and oxygen atoms in total. The molecular weight excluding hydrogens is 319 g/mol. The molecular formula is C11H10BrFN4O2. The lowest BCUT2D eigenvalue weighted by molar-refractivity contribution is -0.145. The number of hydrogen-bond donors (Lipinski definition) is 1. The summed E-state index contributed by atoms with van der Waals surface area (Å²) in [5, 5.41) is 3.74. The molecule has 0 spiro atoms. The lowest BCUT2D eigenvalue weighted by atomic mass is 10.2. The molecule has 0 fully saturated rings. The Morgan fingerprint density at radius 3 is 3.00 bits per heavy atom. The molecule has 0 bridgehead atoms. The van der Waals surface area contributed by atoms with Gasteiger partial charge in [0.25, 0.3) is 0 Å². The summed E-state index contributed by atoms with van der Waals surface area (Å²) in [5.41, 5.74) is 5.60. The molecule has 8 heteroatoms. The van der Waals surface area contributed by atoms with Crippen molar-refractivity contribution in [2.24, 2.45) is 0 Å². The number of aromatic nitrogens is 3. The van der Waals surface area contributed by atoms with Gasteiger partial charge in [0.05, 0.1) is 0 Å². The largest absolute Gasteiger partial charge is 0.459 e. The number of carbonyl (C=O) groups is 1. The monoisotopic (exact) mass is 328 g/mol. The number of nitrogens with zero attached hydrogens (tertiary/aromatic N) is 3. The molecule has 0 unspecified atom stereocenters. The van der Waals surface area contributed by atoms with E-state index in [2.05, 4.69) is 26.0 Å². The Balaban J connectivity index is 1.91. The van der Waals surface area contributed by atoms with Crippen molar-refractivity contribution in [1.29, 1.82) is 0 Å². The Morgan fingerprint density at radius 2 is 2.32 bits per heavy atom. The number of esters is 1. The van der Waals surface area contributed by atoms with Crippen molar-refractivity contribution in [3.63, 3.8) is 0 Å². The number of ether oxygens (including phenoxy) is 1. The van der Waals surface area contributed by atoms with Gasteiger partial charge >= 0.3 is 5.97 Å². The van der Waals surface area contributed by atoms with Gasteiger partial charge in [0.15, 0.2) is 0 Å². The van der Waals surface area contributed by atoms with Crippen LogP contribution in [0.1, 0.15) is 5.56 Å². The zero-order chi connectivity index (χ0) is 13.8. The Labute approximate surface area is 116 Å². The number of halogens is 2. The van der Waals surface area contributed by atoms with Crippen LogP contribution in [0.15, 0.2) is 29.0 Å². The number of nitrogens with two attached hydrogens (primary N) is 1. The van der Waals surface area contributed by atoms with Crippen molar-refractivity contribution in [1.82, 2.24) is 14.8 Å². The first-order chi connectivity index (χ1) is 9.04. The maximum atomic E-state index is 13.4. The van der Waals surface area contributed by atoms with Crippen molar-refractivity contribution in [3.8, 4) is 0 Å². The van der Waals surface area contributed by atoms with Gasteiger partial charge in [-0.2, -0.15) is 0 Å². The maximum Gasteiger partial charge on any atom is 0.328 e. The van der Waals surface area contributed by atoms with Gasteiger partial charge in [-0.25, -0.2) is 14.1 Å². The van der Waals surface area contributed by atoms with E-state index in [-0.39, 0.29) is 19.1 Å². The van der Waals surface area contributed by atoms with Crippen molar-refractivity contribution in [2.75, 3.05) is 5.73 Å². The molecule has 0 saturated carbocycles. The van der Waals surface area contributed by atoms with Gasteiger partial charge in [0, 0.05) is 10.0 Å². The van der Waals surface area contributed by atoms with E-state index in [0.717, 1.165) is 0 Å². The standard InChI is InChI=1S/C11H10BrFN4O2/c12-8-1-2-9(13)7(3-8)5-19-10(18)4-17-6-15-11(14)16-17/h1-3,6H,4-5H2,(H2,14,16). The minimum absolute atomic E-state index is 0.0748. The van der Waals surface area contributed by atoms with E-state index in [4.69, 9.17) is 10.5 Å². The number of nitrogen functional groups attached to an aromatic ring is 1. The predicted molar refractivity (Wildman–Crippen MR) is 68.3 cm³/mol. The molecule has 0 aliphatic heterocycles. The third-order valence-corrected chi connectivity index (χ3v) is 2.73. The van der Waals surface area contributed by atoms with E-state index < -0.39 is 11.8 Å². The topological polar surface area (TPSA) is 83.0 Å². The van der Waals surface area contributed by atoms with E-state index in [9.17, 15) is 9.18 Å². The van der Waals surface area contributed by atoms with Crippen molar-refractivity contribution < 1.29 is 13.9 Å². The van der Waals surface area contributed by atoms with Gasteiger partial charge in [0.2, 0.25) is 5.95 Å². The molecule has 100 valence electrons. The fourth-order valence-electron chi connectivity index (χ4n) is 1.38. The highest BCUT2D eigenvalue weighted by molar-refractivity contribution is 9.10. The Kier molecular flexibility index (Phi) is 4.10. The molecule has 0 atom stereocenters. The molecule has 2 N–H and O–H groups in total.